The number of nitrogens with zero attached hydrogens (tertiary/aromatic N) is 2. The van der Waals surface area contributed by atoms with Crippen LogP contribution in [-0.2, 0) is 10.0 Å². The molecule has 1 fully saturated rings. The smallest absolute Gasteiger partial charge is 0.213 e. The van der Waals surface area contributed by atoms with Crippen molar-refractivity contribution in [2.75, 3.05) is 36.8 Å². The summed E-state index contributed by atoms with van der Waals surface area (Å²) in [5, 5.41) is 1.19. The maximum atomic E-state index is 11.8. The van der Waals surface area contributed by atoms with E-state index in [-0.39, 0.29) is 5.75 Å². The van der Waals surface area contributed by atoms with Crippen molar-refractivity contribution in [2.24, 2.45) is 0 Å². The molecule has 0 N–H and O–H groups in total. The van der Waals surface area contributed by atoms with Crippen molar-refractivity contribution in [3.8, 4) is 0 Å². The van der Waals surface area contributed by atoms with Crippen molar-refractivity contribution in [3.05, 3.63) is 28.2 Å². The van der Waals surface area contributed by atoms with E-state index in [0.29, 0.717) is 36.2 Å². The average molecular weight is 323 g/mol. The predicted molar refractivity (Wildman–Crippen MR) is 79.7 cm³/mol. The molecule has 0 aliphatic carbocycles. The number of rotatable bonds is 3. The molecule has 0 atom stereocenters. The molecule has 0 aromatic heterocycles. The highest BCUT2D eigenvalue weighted by atomic mass is 35.5. The highest BCUT2D eigenvalue weighted by Crippen LogP contribution is 2.29. The van der Waals surface area contributed by atoms with Gasteiger partial charge in [0.15, 0.2) is 0 Å². The van der Waals surface area contributed by atoms with E-state index in [1.165, 1.54) is 4.31 Å². The van der Waals surface area contributed by atoms with Crippen LogP contribution in [0.2, 0.25) is 10.0 Å². The second-order valence-corrected chi connectivity index (χ2v) is 7.48. The first-order valence-corrected chi connectivity index (χ1v) is 8.48. The van der Waals surface area contributed by atoms with E-state index >= 15 is 0 Å². The lowest BCUT2D eigenvalue weighted by Gasteiger charge is -2.35. The maximum absolute atomic E-state index is 11.8. The number of hydrogen-bond donors (Lipinski definition) is 0. The van der Waals surface area contributed by atoms with Crippen molar-refractivity contribution in [1.82, 2.24) is 4.31 Å². The third-order valence-electron chi connectivity index (χ3n) is 3.25. The van der Waals surface area contributed by atoms with Gasteiger partial charge in [-0.05, 0) is 25.1 Å². The molecule has 1 aliphatic rings. The predicted octanol–water partition coefficient (Wildman–Crippen LogP) is 2.47. The fourth-order valence-corrected chi connectivity index (χ4v) is 3.74. The van der Waals surface area contributed by atoms with Gasteiger partial charge in [-0.2, -0.15) is 4.31 Å². The molecule has 0 amide bonds. The molecule has 0 spiro atoms. The molecule has 1 saturated heterocycles. The molecule has 4 nitrogen and oxygen atoms in total. The van der Waals surface area contributed by atoms with Crippen molar-refractivity contribution < 1.29 is 8.42 Å². The minimum Gasteiger partial charge on any atom is -0.368 e. The lowest BCUT2D eigenvalue weighted by Crippen LogP contribution is -2.49. The number of sulfonamides is 1. The molecule has 1 heterocycles. The minimum atomic E-state index is -3.09. The van der Waals surface area contributed by atoms with Gasteiger partial charge >= 0.3 is 0 Å². The summed E-state index contributed by atoms with van der Waals surface area (Å²) in [7, 11) is -3.09. The van der Waals surface area contributed by atoms with Gasteiger partial charge in [-0.25, -0.2) is 8.42 Å². The van der Waals surface area contributed by atoms with Crippen molar-refractivity contribution in [2.45, 2.75) is 6.92 Å². The standard InChI is InChI=1S/C12H16Cl2N2O2S/c1-2-19(17,18)16-7-5-15(6-8-16)12-4-3-10(13)9-11(12)14/h3-4,9H,2,5-8H2,1H3. The Morgan fingerprint density at radius 1 is 1.16 bits per heavy atom. The lowest BCUT2D eigenvalue weighted by atomic mass is 10.2. The van der Waals surface area contributed by atoms with Gasteiger partial charge in [-0.3, -0.25) is 0 Å². The highest BCUT2D eigenvalue weighted by molar-refractivity contribution is 7.89. The first kappa shape index (κ1) is 14.9. The van der Waals surface area contributed by atoms with Gasteiger partial charge in [0.1, 0.15) is 0 Å². The zero-order chi connectivity index (χ0) is 14.0. The monoisotopic (exact) mass is 322 g/mol. The van der Waals surface area contributed by atoms with Crippen LogP contribution in [0.15, 0.2) is 18.2 Å². The zero-order valence-corrected chi connectivity index (χ0v) is 13.0. The van der Waals surface area contributed by atoms with Crippen LogP contribution in [0, 0.1) is 0 Å². The summed E-state index contributed by atoms with van der Waals surface area (Å²) in [5.74, 6) is 0.148. The van der Waals surface area contributed by atoms with Crippen LogP contribution in [0.3, 0.4) is 0 Å². The van der Waals surface area contributed by atoms with Crippen molar-refractivity contribution in [3.63, 3.8) is 0 Å². The van der Waals surface area contributed by atoms with Crippen LogP contribution < -0.4 is 4.90 Å². The lowest BCUT2D eigenvalue weighted by molar-refractivity contribution is 0.385. The summed E-state index contributed by atoms with van der Waals surface area (Å²) < 4.78 is 25.1. The fourth-order valence-electron chi connectivity index (χ4n) is 2.13. The second-order valence-electron chi connectivity index (χ2n) is 4.38. The first-order valence-electron chi connectivity index (χ1n) is 6.12. The zero-order valence-electron chi connectivity index (χ0n) is 10.6. The summed E-state index contributed by atoms with van der Waals surface area (Å²) in [6.45, 7) is 3.93. The molecule has 1 aliphatic heterocycles. The van der Waals surface area contributed by atoms with E-state index in [4.69, 9.17) is 23.2 Å². The molecule has 7 heteroatoms. The molecule has 0 bridgehead atoms. The van der Waals surface area contributed by atoms with Gasteiger partial charge in [-0.15, -0.1) is 0 Å². The second kappa shape index (κ2) is 5.87. The van der Waals surface area contributed by atoms with Crippen molar-refractivity contribution >= 4 is 38.9 Å². The maximum Gasteiger partial charge on any atom is 0.213 e. The molecule has 0 radical (unpaired) electrons. The Kier molecular flexibility index (Phi) is 4.61. The summed E-state index contributed by atoms with van der Waals surface area (Å²) in [6.07, 6.45) is 0. The van der Waals surface area contributed by atoms with E-state index in [0.717, 1.165) is 5.69 Å². The molecular weight excluding hydrogens is 307 g/mol. The van der Waals surface area contributed by atoms with Gasteiger partial charge in [0.05, 0.1) is 16.5 Å². The summed E-state index contributed by atoms with van der Waals surface area (Å²) >= 11 is 12.0. The van der Waals surface area contributed by atoms with E-state index in [2.05, 4.69) is 4.90 Å². The number of halogens is 2. The Balaban J connectivity index is 2.08. The molecule has 0 saturated carbocycles. The Bertz CT molecular complexity index is 555. The molecule has 19 heavy (non-hydrogen) atoms. The van der Waals surface area contributed by atoms with Crippen LogP contribution in [0.1, 0.15) is 6.92 Å². The molecule has 106 valence electrons. The van der Waals surface area contributed by atoms with E-state index in [9.17, 15) is 8.42 Å². The van der Waals surface area contributed by atoms with Crippen LogP contribution in [0.25, 0.3) is 0 Å². The van der Waals surface area contributed by atoms with Crippen LogP contribution in [-0.4, -0.2) is 44.7 Å². The van der Waals surface area contributed by atoms with E-state index in [1.54, 1.807) is 19.1 Å². The van der Waals surface area contributed by atoms with Crippen LogP contribution >= 0.6 is 23.2 Å². The number of piperazine rings is 1. The molecular formula is C12H16Cl2N2O2S. The SMILES string of the molecule is CCS(=O)(=O)N1CCN(c2ccc(Cl)cc2Cl)CC1. The largest absolute Gasteiger partial charge is 0.368 e. The summed E-state index contributed by atoms with van der Waals surface area (Å²) in [4.78, 5) is 2.08. The third kappa shape index (κ3) is 3.34. The van der Waals surface area contributed by atoms with Gasteiger partial charge in [-0.1, -0.05) is 23.2 Å². The summed E-state index contributed by atoms with van der Waals surface area (Å²) in [5.41, 5.74) is 0.902. The topological polar surface area (TPSA) is 40.6 Å². The Hall–Kier alpha value is -0.490. The number of hydrogen-bond acceptors (Lipinski definition) is 3. The van der Waals surface area contributed by atoms with Gasteiger partial charge < -0.3 is 4.90 Å². The van der Waals surface area contributed by atoms with Crippen LogP contribution in [0.4, 0.5) is 5.69 Å². The van der Waals surface area contributed by atoms with E-state index in [1.807, 2.05) is 6.07 Å². The molecule has 1 aromatic rings. The quantitative estimate of drug-likeness (QED) is 0.858. The number of anilines is 1. The van der Waals surface area contributed by atoms with E-state index < -0.39 is 10.0 Å². The van der Waals surface area contributed by atoms with Gasteiger partial charge in [0.25, 0.3) is 0 Å². The molecule has 0 unspecified atom stereocenters. The molecule has 1 aromatic carbocycles. The van der Waals surface area contributed by atoms with Crippen LogP contribution in [0.5, 0.6) is 0 Å². The first-order chi connectivity index (χ1) is 8.94. The fraction of sp³-hybridized carbons (Fsp3) is 0.500. The normalized spacial score (nSPS) is 17.7. The van der Waals surface area contributed by atoms with Gasteiger partial charge in [0, 0.05) is 31.2 Å². The highest BCUT2D eigenvalue weighted by Gasteiger charge is 2.26. The Morgan fingerprint density at radius 2 is 1.79 bits per heavy atom. The number of benzene rings is 1. The Morgan fingerprint density at radius 3 is 2.32 bits per heavy atom. The summed E-state index contributed by atoms with van der Waals surface area (Å²) in [6, 6.07) is 5.36. The Labute approximate surface area is 124 Å². The third-order valence-corrected chi connectivity index (χ3v) is 5.67. The van der Waals surface area contributed by atoms with Gasteiger partial charge in [0.2, 0.25) is 10.0 Å². The average Bonchev–Trinajstić information content (AvgIpc) is 2.39. The molecule has 2 rings (SSSR count). The minimum absolute atomic E-state index is 0.148. The van der Waals surface area contributed by atoms with Crippen molar-refractivity contribution in [1.29, 1.82) is 0 Å².